The van der Waals surface area contributed by atoms with E-state index in [-0.39, 0.29) is 24.0 Å². The molecular weight excluding hydrogens is 553 g/mol. The van der Waals surface area contributed by atoms with Crippen LogP contribution >= 0.6 is 12.4 Å². The van der Waals surface area contributed by atoms with Crippen LogP contribution in [-0.4, -0.2) is 41.2 Å². The van der Waals surface area contributed by atoms with Crippen LogP contribution in [0.4, 0.5) is 33.5 Å². The van der Waals surface area contributed by atoms with E-state index in [9.17, 15) is 12.8 Å². The number of halogens is 2. The minimum atomic E-state index is -3.11. The Balaban J connectivity index is 0.00000370. The maximum Gasteiger partial charge on any atom is 0.229 e. The molecule has 12 heteroatoms. The summed E-state index contributed by atoms with van der Waals surface area (Å²) in [4.78, 5) is 15.6. The van der Waals surface area contributed by atoms with Gasteiger partial charge in [0.15, 0.2) is 9.84 Å². The number of aromatic nitrogens is 4. The third kappa shape index (κ3) is 6.32. The molecule has 40 heavy (non-hydrogen) atoms. The first-order valence-electron chi connectivity index (χ1n) is 12.2. The van der Waals surface area contributed by atoms with Crippen LogP contribution in [-0.2, 0) is 29.1 Å². The summed E-state index contributed by atoms with van der Waals surface area (Å²) in [6, 6.07) is 19.3. The number of anilines is 5. The number of rotatable bonds is 8. The van der Waals surface area contributed by atoms with E-state index in [0.717, 1.165) is 33.5 Å². The molecule has 5 rings (SSSR count). The second-order valence-corrected chi connectivity index (χ2v) is 11.6. The lowest BCUT2D eigenvalue weighted by molar-refractivity contribution is 0.601. The number of nitrogens with one attached hydrogen (secondary N) is 1. The molecule has 0 aliphatic carbocycles. The number of nitrogens with zero attached hydrogens (tertiary/aromatic N) is 5. The highest BCUT2D eigenvalue weighted by molar-refractivity contribution is 7.89. The molecule has 0 spiro atoms. The van der Waals surface area contributed by atoms with Crippen LogP contribution in [0, 0.1) is 5.82 Å². The van der Waals surface area contributed by atoms with Crippen LogP contribution in [0.15, 0.2) is 72.9 Å². The van der Waals surface area contributed by atoms with Gasteiger partial charge >= 0.3 is 0 Å². The van der Waals surface area contributed by atoms with Crippen molar-refractivity contribution >= 4 is 62.4 Å². The molecule has 0 aliphatic rings. The highest BCUT2D eigenvalue weighted by Crippen LogP contribution is 2.34. The first kappa shape index (κ1) is 28.8. The summed E-state index contributed by atoms with van der Waals surface area (Å²) < 4.78 is 38.9. The second-order valence-electron chi connectivity index (χ2n) is 9.46. The van der Waals surface area contributed by atoms with Gasteiger partial charge in [-0.05, 0) is 53.6 Å². The summed E-state index contributed by atoms with van der Waals surface area (Å²) in [7, 11) is 0.642. The number of hydrogen-bond donors (Lipinski definition) is 2. The molecule has 5 aromatic rings. The Hall–Kier alpha value is -4.22. The Morgan fingerprint density at radius 1 is 1.02 bits per heavy atom. The van der Waals surface area contributed by atoms with Crippen molar-refractivity contribution in [2.45, 2.75) is 12.2 Å². The predicted octanol–water partition coefficient (Wildman–Crippen LogP) is 5.15. The van der Waals surface area contributed by atoms with Crippen LogP contribution in [0.2, 0.25) is 0 Å². The topological polar surface area (TPSA) is 119 Å². The molecule has 0 saturated carbocycles. The fourth-order valence-corrected chi connectivity index (χ4v) is 5.29. The van der Waals surface area contributed by atoms with Crippen molar-refractivity contribution in [3.05, 3.63) is 95.4 Å². The van der Waals surface area contributed by atoms with Gasteiger partial charge < -0.3 is 20.5 Å². The van der Waals surface area contributed by atoms with Crippen LogP contribution in [0.3, 0.4) is 0 Å². The summed E-state index contributed by atoms with van der Waals surface area (Å²) in [6.07, 6.45) is 3.31. The molecular formula is C28H29ClFN7O2S. The van der Waals surface area contributed by atoms with Crippen LogP contribution in [0.25, 0.3) is 11.0 Å². The van der Waals surface area contributed by atoms with E-state index in [2.05, 4.69) is 20.3 Å². The molecule has 2 aromatic heterocycles. The quantitative estimate of drug-likeness (QED) is 0.258. The molecule has 208 valence electrons. The van der Waals surface area contributed by atoms with E-state index < -0.39 is 9.84 Å². The van der Waals surface area contributed by atoms with Crippen LogP contribution < -0.4 is 16.0 Å². The maximum absolute atomic E-state index is 14.0. The van der Waals surface area contributed by atoms with Crippen molar-refractivity contribution in [3.63, 3.8) is 0 Å². The highest BCUT2D eigenvalue weighted by Gasteiger charge is 2.19. The van der Waals surface area contributed by atoms with Crippen LogP contribution in [0.1, 0.15) is 16.7 Å². The van der Waals surface area contributed by atoms with E-state index in [0.29, 0.717) is 29.7 Å². The average Bonchev–Trinajstić information content (AvgIpc) is 3.18. The smallest absolute Gasteiger partial charge is 0.229 e. The summed E-state index contributed by atoms with van der Waals surface area (Å²) in [5, 5.41) is 3.17. The summed E-state index contributed by atoms with van der Waals surface area (Å²) in [5.74, 6) is 1.08. The van der Waals surface area contributed by atoms with Gasteiger partial charge in [0, 0.05) is 49.9 Å². The van der Waals surface area contributed by atoms with E-state index in [4.69, 9.17) is 5.73 Å². The molecule has 0 unspecified atom stereocenters. The number of nitrogen functional groups attached to an aromatic ring is 1. The molecule has 9 nitrogen and oxygen atoms in total. The molecule has 0 atom stereocenters. The van der Waals surface area contributed by atoms with Crippen molar-refractivity contribution in [1.82, 2.24) is 19.5 Å². The normalized spacial score (nSPS) is 11.3. The Morgan fingerprint density at radius 2 is 1.77 bits per heavy atom. The zero-order valence-corrected chi connectivity index (χ0v) is 23.8. The lowest BCUT2D eigenvalue weighted by atomic mass is 10.0. The molecule has 0 bridgehead atoms. The average molecular weight is 582 g/mol. The minimum absolute atomic E-state index is 0. The van der Waals surface area contributed by atoms with Gasteiger partial charge in [-0.25, -0.2) is 22.8 Å². The van der Waals surface area contributed by atoms with Gasteiger partial charge in [0.25, 0.3) is 0 Å². The van der Waals surface area contributed by atoms with Gasteiger partial charge in [0.05, 0.1) is 16.8 Å². The first-order valence-corrected chi connectivity index (χ1v) is 14.2. The third-order valence-corrected chi connectivity index (χ3v) is 7.28. The number of fused-ring (bicyclic) bond motifs is 1. The fourth-order valence-electron chi connectivity index (χ4n) is 4.50. The number of aryl methyl sites for hydroxylation is 1. The molecule has 0 fully saturated rings. The standard InChI is InChI=1S/C28H28FN7O2S.ClH/c1-35(25-13-14-31-28(33-25)32-21-9-7-18(8-10-21)17-39(3,37)38)23-11-12-24-26(34-27(30)36(24)2)22(23)16-19-5-4-6-20(29)15-19;/h4-15H,16-17H2,1-3H3,(H2,30,34)(H,31,32,33);1H. The molecule has 0 saturated heterocycles. The number of sulfone groups is 1. The van der Waals surface area contributed by atoms with Gasteiger partial charge in [0.1, 0.15) is 11.6 Å². The van der Waals surface area contributed by atoms with Crippen molar-refractivity contribution in [3.8, 4) is 0 Å². The lowest BCUT2D eigenvalue weighted by Gasteiger charge is -2.22. The van der Waals surface area contributed by atoms with E-state index in [1.807, 2.05) is 41.8 Å². The minimum Gasteiger partial charge on any atom is -0.369 e. The van der Waals surface area contributed by atoms with Gasteiger partial charge in [-0.2, -0.15) is 4.98 Å². The molecule has 0 radical (unpaired) electrons. The maximum atomic E-state index is 14.0. The third-order valence-electron chi connectivity index (χ3n) is 6.42. The van der Waals surface area contributed by atoms with Gasteiger partial charge in [0.2, 0.25) is 11.9 Å². The van der Waals surface area contributed by atoms with Gasteiger partial charge in [-0.3, -0.25) is 0 Å². The van der Waals surface area contributed by atoms with E-state index >= 15 is 0 Å². The first-order chi connectivity index (χ1) is 18.6. The molecule has 3 aromatic carbocycles. The van der Waals surface area contributed by atoms with Crippen LogP contribution in [0.5, 0.6) is 0 Å². The van der Waals surface area contributed by atoms with Crippen molar-refractivity contribution in [2.75, 3.05) is 29.3 Å². The second kappa shape index (κ2) is 11.5. The summed E-state index contributed by atoms with van der Waals surface area (Å²) >= 11 is 0. The largest absolute Gasteiger partial charge is 0.369 e. The zero-order valence-electron chi connectivity index (χ0n) is 22.2. The Labute approximate surface area is 238 Å². The van der Waals surface area contributed by atoms with Gasteiger partial charge in [-0.1, -0.05) is 24.3 Å². The predicted molar refractivity (Wildman–Crippen MR) is 160 cm³/mol. The number of benzene rings is 3. The SMILES string of the molecule is CN(c1ccnc(Nc2ccc(CS(C)(=O)=O)cc2)n1)c1ccc2c(nc(N)n2C)c1Cc1cccc(F)c1.Cl. The Kier molecular flexibility index (Phi) is 8.26. The van der Waals surface area contributed by atoms with Crippen molar-refractivity contribution in [2.24, 2.45) is 7.05 Å². The summed E-state index contributed by atoms with van der Waals surface area (Å²) in [5.41, 5.74) is 11.7. The lowest BCUT2D eigenvalue weighted by Crippen LogP contribution is -2.15. The monoisotopic (exact) mass is 581 g/mol. The molecule has 3 N–H and O–H groups in total. The summed E-state index contributed by atoms with van der Waals surface area (Å²) in [6.45, 7) is 0. The number of imidazole rings is 1. The zero-order chi connectivity index (χ0) is 27.7. The highest BCUT2D eigenvalue weighted by atomic mass is 35.5. The number of nitrogens with two attached hydrogens (primary N) is 1. The molecule has 2 heterocycles. The molecule has 0 amide bonds. The van der Waals surface area contributed by atoms with Gasteiger partial charge in [-0.15, -0.1) is 12.4 Å². The number of hydrogen-bond acceptors (Lipinski definition) is 8. The Morgan fingerprint density at radius 3 is 2.48 bits per heavy atom. The van der Waals surface area contributed by atoms with Crippen molar-refractivity contribution in [1.29, 1.82) is 0 Å². The Bertz CT molecular complexity index is 1780. The van der Waals surface area contributed by atoms with E-state index in [1.54, 1.807) is 42.6 Å². The molecule has 0 aliphatic heterocycles. The van der Waals surface area contributed by atoms with Crippen molar-refractivity contribution < 1.29 is 12.8 Å². The fraction of sp³-hybridized carbons (Fsp3) is 0.179. The van der Waals surface area contributed by atoms with E-state index in [1.165, 1.54) is 18.4 Å².